The highest BCUT2D eigenvalue weighted by Gasteiger charge is 2.21. The lowest BCUT2D eigenvalue weighted by atomic mass is 9.85. The molecule has 2 rings (SSSR count). The second-order valence-electron chi connectivity index (χ2n) is 7.01. The number of ether oxygens (including phenoxy) is 1. The Morgan fingerprint density at radius 2 is 2.08 bits per heavy atom. The van der Waals surface area contributed by atoms with E-state index in [0.29, 0.717) is 24.9 Å². The summed E-state index contributed by atoms with van der Waals surface area (Å²) in [6, 6.07) is 8.11. The van der Waals surface area contributed by atoms with Crippen molar-refractivity contribution < 1.29 is 9.53 Å². The van der Waals surface area contributed by atoms with E-state index in [1.54, 1.807) is 0 Å². The molecule has 1 saturated heterocycles. The van der Waals surface area contributed by atoms with E-state index >= 15 is 0 Å². The van der Waals surface area contributed by atoms with E-state index in [0.717, 1.165) is 38.2 Å². The molecule has 1 aliphatic rings. The Hall–Kier alpha value is -1.26. The molecule has 142 valence electrons. The first-order chi connectivity index (χ1) is 11.6. The van der Waals surface area contributed by atoms with Crippen molar-refractivity contribution in [2.75, 3.05) is 26.2 Å². The van der Waals surface area contributed by atoms with Crippen LogP contribution in [-0.2, 0) is 4.79 Å². The highest BCUT2D eigenvalue weighted by molar-refractivity contribution is 5.85. The molecule has 4 nitrogen and oxygen atoms in total. The van der Waals surface area contributed by atoms with Crippen molar-refractivity contribution in [2.24, 2.45) is 11.8 Å². The molecule has 2 N–H and O–H groups in total. The van der Waals surface area contributed by atoms with Crippen molar-refractivity contribution in [2.45, 2.75) is 46.0 Å². The van der Waals surface area contributed by atoms with Gasteiger partial charge in [0.1, 0.15) is 5.75 Å². The van der Waals surface area contributed by atoms with Crippen LogP contribution in [0.3, 0.4) is 0 Å². The zero-order valence-electron chi connectivity index (χ0n) is 15.6. The summed E-state index contributed by atoms with van der Waals surface area (Å²) in [5.74, 6) is 2.21. The Morgan fingerprint density at radius 1 is 1.32 bits per heavy atom. The predicted molar refractivity (Wildman–Crippen MR) is 106 cm³/mol. The van der Waals surface area contributed by atoms with Gasteiger partial charge in [0.2, 0.25) is 5.91 Å². The van der Waals surface area contributed by atoms with Crippen molar-refractivity contribution in [1.29, 1.82) is 0 Å². The van der Waals surface area contributed by atoms with Gasteiger partial charge >= 0.3 is 0 Å². The van der Waals surface area contributed by atoms with Crippen LogP contribution in [0.25, 0.3) is 0 Å². The topological polar surface area (TPSA) is 50.4 Å². The zero-order valence-corrected chi connectivity index (χ0v) is 16.4. The van der Waals surface area contributed by atoms with E-state index in [4.69, 9.17) is 4.74 Å². The number of carbonyl (C=O) groups is 1. The summed E-state index contributed by atoms with van der Waals surface area (Å²) in [5, 5.41) is 6.47. The van der Waals surface area contributed by atoms with Gasteiger partial charge in [-0.15, -0.1) is 12.4 Å². The summed E-state index contributed by atoms with van der Waals surface area (Å²) in [6.45, 7) is 7.89. The Balaban J connectivity index is 0.00000312. The SMILES string of the molecule is Cc1ccc(OCCCCNC(=O)CC(C)C2CCCNC2)cc1.Cl. The van der Waals surface area contributed by atoms with Crippen LogP contribution in [0.4, 0.5) is 0 Å². The van der Waals surface area contributed by atoms with Crippen LogP contribution in [0.2, 0.25) is 0 Å². The highest BCUT2D eigenvalue weighted by atomic mass is 35.5. The average molecular weight is 369 g/mol. The maximum atomic E-state index is 12.0. The number of rotatable bonds is 9. The first-order valence-corrected chi connectivity index (χ1v) is 9.32. The molecular formula is C20H33ClN2O2. The predicted octanol–water partition coefficient (Wildman–Crippen LogP) is 3.72. The van der Waals surface area contributed by atoms with Gasteiger partial charge in [-0.25, -0.2) is 0 Å². The van der Waals surface area contributed by atoms with Gasteiger partial charge in [-0.05, 0) is 69.7 Å². The first-order valence-electron chi connectivity index (χ1n) is 9.32. The van der Waals surface area contributed by atoms with Crippen LogP contribution in [0, 0.1) is 18.8 Å². The Kier molecular flexibility index (Phi) is 10.6. The second kappa shape index (κ2) is 12.2. The molecule has 1 aliphatic heterocycles. The number of aryl methyl sites for hydroxylation is 1. The maximum Gasteiger partial charge on any atom is 0.220 e. The molecule has 0 radical (unpaired) electrons. The minimum Gasteiger partial charge on any atom is -0.494 e. The number of hydrogen-bond acceptors (Lipinski definition) is 3. The molecule has 0 saturated carbocycles. The largest absolute Gasteiger partial charge is 0.494 e. The van der Waals surface area contributed by atoms with E-state index in [2.05, 4.69) is 36.6 Å². The molecule has 1 fully saturated rings. The van der Waals surface area contributed by atoms with Gasteiger partial charge in [0.15, 0.2) is 0 Å². The van der Waals surface area contributed by atoms with E-state index in [9.17, 15) is 4.79 Å². The van der Waals surface area contributed by atoms with Crippen LogP contribution in [0.15, 0.2) is 24.3 Å². The van der Waals surface area contributed by atoms with E-state index in [1.165, 1.54) is 18.4 Å². The fourth-order valence-corrected chi connectivity index (χ4v) is 3.18. The van der Waals surface area contributed by atoms with E-state index in [1.807, 2.05) is 12.1 Å². The lowest BCUT2D eigenvalue weighted by molar-refractivity contribution is -0.122. The van der Waals surface area contributed by atoms with Gasteiger partial charge in [0.25, 0.3) is 0 Å². The third kappa shape index (κ3) is 8.59. The van der Waals surface area contributed by atoms with Crippen LogP contribution in [-0.4, -0.2) is 32.1 Å². The van der Waals surface area contributed by atoms with Crippen molar-refractivity contribution in [1.82, 2.24) is 10.6 Å². The second-order valence-corrected chi connectivity index (χ2v) is 7.01. The minimum atomic E-state index is 0. The van der Waals surface area contributed by atoms with Crippen molar-refractivity contribution in [3.63, 3.8) is 0 Å². The summed E-state index contributed by atoms with van der Waals surface area (Å²) in [4.78, 5) is 12.0. The maximum absolute atomic E-state index is 12.0. The molecule has 2 unspecified atom stereocenters. The molecule has 0 spiro atoms. The number of amides is 1. The third-order valence-corrected chi connectivity index (χ3v) is 4.83. The molecule has 5 heteroatoms. The highest BCUT2D eigenvalue weighted by Crippen LogP contribution is 2.22. The molecule has 2 atom stereocenters. The summed E-state index contributed by atoms with van der Waals surface area (Å²) in [7, 11) is 0. The average Bonchev–Trinajstić information content (AvgIpc) is 2.60. The molecule has 1 amide bonds. The van der Waals surface area contributed by atoms with E-state index in [-0.39, 0.29) is 18.3 Å². The minimum absolute atomic E-state index is 0. The van der Waals surface area contributed by atoms with Crippen LogP contribution >= 0.6 is 12.4 Å². The number of benzene rings is 1. The fraction of sp³-hybridized carbons (Fsp3) is 0.650. The molecule has 1 aromatic carbocycles. The van der Waals surface area contributed by atoms with Crippen molar-refractivity contribution >= 4 is 18.3 Å². The first kappa shape index (κ1) is 21.8. The molecular weight excluding hydrogens is 336 g/mol. The van der Waals surface area contributed by atoms with Crippen LogP contribution in [0.5, 0.6) is 5.75 Å². The summed E-state index contributed by atoms with van der Waals surface area (Å²) in [6.07, 6.45) is 5.04. The monoisotopic (exact) mass is 368 g/mol. The van der Waals surface area contributed by atoms with Crippen molar-refractivity contribution in [3.05, 3.63) is 29.8 Å². The number of unbranched alkanes of at least 4 members (excludes halogenated alkanes) is 1. The Labute approximate surface area is 158 Å². The normalized spacial score (nSPS) is 18.1. The van der Waals surface area contributed by atoms with Crippen molar-refractivity contribution in [3.8, 4) is 5.75 Å². The fourth-order valence-electron chi connectivity index (χ4n) is 3.18. The quantitative estimate of drug-likeness (QED) is 0.653. The Morgan fingerprint density at radius 3 is 2.76 bits per heavy atom. The van der Waals surface area contributed by atoms with E-state index < -0.39 is 0 Å². The van der Waals surface area contributed by atoms with Gasteiger partial charge in [-0.2, -0.15) is 0 Å². The van der Waals surface area contributed by atoms with Gasteiger partial charge < -0.3 is 15.4 Å². The number of carbonyl (C=O) groups excluding carboxylic acids is 1. The molecule has 1 heterocycles. The number of halogens is 1. The Bertz CT molecular complexity index is 487. The number of nitrogens with one attached hydrogen (secondary N) is 2. The lowest BCUT2D eigenvalue weighted by Crippen LogP contribution is -2.35. The standard InChI is InChI=1S/C20H32N2O2.ClH/c1-16-7-9-19(10-8-16)24-13-4-3-12-22-20(23)14-17(2)18-6-5-11-21-15-18;/h7-10,17-18,21H,3-6,11-15H2,1-2H3,(H,22,23);1H. The summed E-state index contributed by atoms with van der Waals surface area (Å²) < 4.78 is 5.69. The summed E-state index contributed by atoms with van der Waals surface area (Å²) >= 11 is 0. The van der Waals surface area contributed by atoms with Gasteiger partial charge in [-0.1, -0.05) is 24.6 Å². The summed E-state index contributed by atoms with van der Waals surface area (Å²) in [5.41, 5.74) is 1.24. The van der Waals surface area contributed by atoms with Gasteiger partial charge in [0, 0.05) is 13.0 Å². The molecule has 0 aliphatic carbocycles. The molecule has 0 aromatic heterocycles. The smallest absolute Gasteiger partial charge is 0.220 e. The number of hydrogen-bond donors (Lipinski definition) is 2. The van der Waals surface area contributed by atoms with Crippen LogP contribution in [0.1, 0.15) is 44.6 Å². The van der Waals surface area contributed by atoms with Gasteiger partial charge in [-0.3, -0.25) is 4.79 Å². The molecule has 1 aromatic rings. The molecule has 0 bridgehead atoms. The number of piperidine rings is 1. The van der Waals surface area contributed by atoms with Gasteiger partial charge in [0.05, 0.1) is 6.61 Å². The molecule has 25 heavy (non-hydrogen) atoms. The zero-order chi connectivity index (χ0) is 17.2. The lowest BCUT2D eigenvalue weighted by Gasteiger charge is -2.28. The van der Waals surface area contributed by atoms with Crippen LogP contribution < -0.4 is 15.4 Å². The third-order valence-electron chi connectivity index (χ3n) is 4.83.